The van der Waals surface area contributed by atoms with E-state index in [0.29, 0.717) is 24.0 Å². The molecule has 0 radical (unpaired) electrons. The fraction of sp³-hybridized carbons (Fsp3) is 0.214. The van der Waals surface area contributed by atoms with Crippen molar-refractivity contribution in [3.05, 3.63) is 106 Å². The Bertz CT molecular complexity index is 1280. The Kier molecular flexibility index (Phi) is 5.65. The molecule has 6 heteroatoms. The van der Waals surface area contributed by atoms with Crippen molar-refractivity contribution < 1.29 is 23.8 Å². The first-order chi connectivity index (χ1) is 16.4. The fourth-order valence-corrected chi connectivity index (χ4v) is 4.72. The van der Waals surface area contributed by atoms with Gasteiger partial charge in [0.05, 0.1) is 11.6 Å². The highest BCUT2D eigenvalue weighted by atomic mass is 19.1. The molecule has 34 heavy (non-hydrogen) atoms. The number of hydrogen-bond donors (Lipinski definition) is 1. The summed E-state index contributed by atoms with van der Waals surface area (Å²) in [5, 5.41) is 11.3. The standard InChI is InChI=1S/C28H24FNO4/c1-17-15-21-16-20(9-12-23(21)34-17)26(31)24-25(19-7-10-22(29)11-8-19)30(28(33)27(24)32)14-13-18-5-3-2-4-6-18/h2-12,16-17,25,31H,13-15H2,1H3/b26-24+/t17-,25+/m0/s1. The van der Waals surface area contributed by atoms with Crippen molar-refractivity contribution in [3.63, 3.8) is 0 Å². The minimum absolute atomic E-state index is 0.0107. The van der Waals surface area contributed by atoms with E-state index < -0.39 is 23.5 Å². The van der Waals surface area contributed by atoms with Crippen molar-refractivity contribution in [2.45, 2.75) is 31.9 Å². The van der Waals surface area contributed by atoms with Crippen LogP contribution in [0, 0.1) is 5.82 Å². The lowest BCUT2D eigenvalue weighted by Crippen LogP contribution is -2.31. The lowest BCUT2D eigenvalue weighted by atomic mass is 9.94. The van der Waals surface area contributed by atoms with Crippen LogP contribution in [0.15, 0.2) is 78.4 Å². The third-order valence-electron chi connectivity index (χ3n) is 6.38. The van der Waals surface area contributed by atoms with Gasteiger partial charge in [-0.1, -0.05) is 42.5 Å². The molecular weight excluding hydrogens is 433 g/mol. The van der Waals surface area contributed by atoms with Crippen LogP contribution in [0.1, 0.15) is 35.2 Å². The number of amides is 1. The first-order valence-corrected chi connectivity index (χ1v) is 11.3. The van der Waals surface area contributed by atoms with Gasteiger partial charge in [-0.05, 0) is 60.4 Å². The van der Waals surface area contributed by atoms with Crippen LogP contribution in [-0.4, -0.2) is 34.3 Å². The molecule has 0 bridgehead atoms. The SMILES string of the molecule is C[C@H]1Cc2cc(/C(O)=C3\C(=O)C(=O)N(CCc4ccccc4)[C@@H]3c3ccc(F)cc3)ccc2O1. The first-order valence-electron chi connectivity index (χ1n) is 11.3. The van der Waals surface area contributed by atoms with Gasteiger partial charge in [0, 0.05) is 18.5 Å². The predicted molar refractivity (Wildman–Crippen MR) is 126 cm³/mol. The normalized spacial score (nSPS) is 20.9. The van der Waals surface area contributed by atoms with Crippen LogP contribution in [0.25, 0.3) is 5.76 Å². The Labute approximate surface area is 197 Å². The molecule has 2 aliphatic heterocycles. The van der Waals surface area contributed by atoms with E-state index in [2.05, 4.69) is 0 Å². The molecule has 1 amide bonds. The maximum Gasteiger partial charge on any atom is 0.295 e. The maximum atomic E-state index is 13.7. The predicted octanol–water partition coefficient (Wildman–Crippen LogP) is 4.81. The number of likely N-dealkylation sites (tertiary alicyclic amines) is 1. The first kappa shape index (κ1) is 21.9. The van der Waals surface area contributed by atoms with Gasteiger partial charge in [0.15, 0.2) is 0 Å². The summed E-state index contributed by atoms with van der Waals surface area (Å²) >= 11 is 0. The lowest BCUT2D eigenvalue weighted by Gasteiger charge is -2.25. The topological polar surface area (TPSA) is 66.8 Å². The number of Topliss-reactive ketones (excluding diaryl/α,β-unsaturated/α-hetero) is 1. The van der Waals surface area contributed by atoms with Gasteiger partial charge in [-0.2, -0.15) is 0 Å². The summed E-state index contributed by atoms with van der Waals surface area (Å²) in [5.74, 6) is -1.33. The van der Waals surface area contributed by atoms with E-state index in [1.807, 2.05) is 37.3 Å². The molecule has 0 aromatic heterocycles. The largest absolute Gasteiger partial charge is 0.507 e. The molecule has 0 spiro atoms. The zero-order valence-electron chi connectivity index (χ0n) is 18.7. The Morgan fingerprint density at radius 1 is 1.06 bits per heavy atom. The Balaban J connectivity index is 1.57. The lowest BCUT2D eigenvalue weighted by molar-refractivity contribution is -0.139. The number of nitrogens with zero attached hydrogens (tertiary/aromatic N) is 1. The van der Waals surface area contributed by atoms with Gasteiger partial charge < -0.3 is 14.7 Å². The monoisotopic (exact) mass is 457 g/mol. The van der Waals surface area contributed by atoms with Gasteiger partial charge in [-0.25, -0.2) is 4.39 Å². The summed E-state index contributed by atoms with van der Waals surface area (Å²) in [5.41, 5.74) is 2.98. The van der Waals surface area contributed by atoms with E-state index in [4.69, 9.17) is 4.74 Å². The van der Waals surface area contributed by atoms with Crippen molar-refractivity contribution in [2.75, 3.05) is 6.54 Å². The van der Waals surface area contributed by atoms with E-state index in [0.717, 1.165) is 16.9 Å². The third-order valence-corrected chi connectivity index (χ3v) is 6.38. The van der Waals surface area contributed by atoms with Crippen LogP contribution < -0.4 is 4.74 Å². The number of rotatable bonds is 5. The molecule has 2 atom stereocenters. The molecule has 5 nitrogen and oxygen atoms in total. The summed E-state index contributed by atoms with van der Waals surface area (Å²) in [6.45, 7) is 2.25. The fourth-order valence-electron chi connectivity index (χ4n) is 4.72. The van der Waals surface area contributed by atoms with Gasteiger partial charge >= 0.3 is 0 Å². The van der Waals surface area contributed by atoms with Gasteiger partial charge in [0.2, 0.25) is 0 Å². The molecule has 0 unspecified atom stereocenters. The minimum Gasteiger partial charge on any atom is -0.507 e. The van der Waals surface area contributed by atoms with E-state index in [-0.39, 0.29) is 24.0 Å². The van der Waals surface area contributed by atoms with Crippen LogP contribution in [0.4, 0.5) is 4.39 Å². The van der Waals surface area contributed by atoms with Crippen LogP contribution in [-0.2, 0) is 22.4 Å². The number of ketones is 1. The molecular formula is C28H24FNO4. The Hall–Kier alpha value is -3.93. The average Bonchev–Trinajstić information content (AvgIpc) is 3.34. The number of halogens is 1. The summed E-state index contributed by atoms with van der Waals surface area (Å²) in [7, 11) is 0. The molecule has 3 aromatic carbocycles. The zero-order chi connectivity index (χ0) is 23.8. The highest BCUT2D eigenvalue weighted by Crippen LogP contribution is 2.40. The van der Waals surface area contributed by atoms with Crippen molar-refractivity contribution in [1.29, 1.82) is 0 Å². The number of ether oxygens (including phenoxy) is 1. The third kappa shape index (κ3) is 3.96. The molecule has 5 rings (SSSR count). The summed E-state index contributed by atoms with van der Waals surface area (Å²) < 4.78 is 19.4. The van der Waals surface area contributed by atoms with E-state index in [1.54, 1.807) is 30.3 Å². The number of fused-ring (bicyclic) bond motifs is 1. The second-order valence-electron chi connectivity index (χ2n) is 8.73. The summed E-state index contributed by atoms with van der Waals surface area (Å²) in [6.07, 6.45) is 1.28. The van der Waals surface area contributed by atoms with Gasteiger partial charge in [0.25, 0.3) is 11.7 Å². The van der Waals surface area contributed by atoms with Crippen molar-refractivity contribution in [2.24, 2.45) is 0 Å². The minimum atomic E-state index is -0.812. The molecule has 1 fully saturated rings. The van der Waals surface area contributed by atoms with Gasteiger partial charge in [-0.15, -0.1) is 0 Å². The van der Waals surface area contributed by atoms with Crippen LogP contribution >= 0.6 is 0 Å². The molecule has 3 aromatic rings. The number of benzene rings is 3. The highest BCUT2D eigenvalue weighted by Gasteiger charge is 2.45. The summed E-state index contributed by atoms with van der Waals surface area (Å²) in [6, 6.07) is 19.8. The number of aliphatic hydroxyl groups excluding tert-OH is 1. The van der Waals surface area contributed by atoms with E-state index in [9.17, 15) is 19.1 Å². The van der Waals surface area contributed by atoms with E-state index in [1.165, 1.54) is 17.0 Å². The molecule has 1 N–H and O–H groups in total. The number of aliphatic hydroxyl groups is 1. The van der Waals surface area contributed by atoms with Crippen LogP contribution in [0.5, 0.6) is 5.75 Å². The number of hydrogen-bond acceptors (Lipinski definition) is 4. The molecule has 2 aliphatic rings. The average molecular weight is 458 g/mol. The molecule has 1 saturated heterocycles. The molecule has 0 saturated carbocycles. The zero-order valence-corrected chi connectivity index (χ0v) is 18.7. The maximum absolute atomic E-state index is 13.7. The van der Waals surface area contributed by atoms with Gasteiger partial charge in [-0.3, -0.25) is 9.59 Å². The quantitative estimate of drug-likeness (QED) is 0.339. The Morgan fingerprint density at radius 2 is 1.79 bits per heavy atom. The van der Waals surface area contributed by atoms with Crippen molar-refractivity contribution in [3.8, 4) is 5.75 Å². The summed E-state index contributed by atoms with van der Waals surface area (Å²) in [4.78, 5) is 27.7. The Morgan fingerprint density at radius 3 is 2.53 bits per heavy atom. The van der Waals surface area contributed by atoms with Crippen molar-refractivity contribution in [1.82, 2.24) is 4.90 Å². The highest BCUT2D eigenvalue weighted by molar-refractivity contribution is 6.46. The van der Waals surface area contributed by atoms with Crippen LogP contribution in [0.2, 0.25) is 0 Å². The number of carbonyl (C=O) groups is 2. The van der Waals surface area contributed by atoms with E-state index >= 15 is 0 Å². The smallest absolute Gasteiger partial charge is 0.295 e. The molecule has 2 heterocycles. The molecule has 172 valence electrons. The van der Waals surface area contributed by atoms with Crippen molar-refractivity contribution >= 4 is 17.4 Å². The van der Waals surface area contributed by atoms with Gasteiger partial charge in [0.1, 0.15) is 23.4 Å². The molecule has 0 aliphatic carbocycles. The number of carbonyl (C=O) groups excluding carboxylic acids is 2. The van der Waals surface area contributed by atoms with Crippen LogP contribution in [0.3, 0.4) is 0 Å². The second kappa shape index (κ2) is 8.78. The second-order valence-corrected chi connectivity index (χ2v) is 8.73.